The second-order valence-corrected chi connectivity index (χ2v) is 3.36. The first-order valence-electron chi connectivity index (χ1n) is 5.60. The van der Waals surface area contributed by atoms with Crippen molar-refractivity contribution in [1.82, 2.24) is 0 Å². The lowest BCUT2D eigenvalue weighted by Crippen LogP contribution is -2.13. The highest BCUT2D eigenvalue weighted by atomic mass is 16.5. The van der Waals surface area contributed by atoms with E-state index in [1.807, 2.05) is 37.3 Å². The molecule has 16 heavy (non-hydrogen) atoms. The van der Waals surface area contributed by atoms with Gasteiger partial charge in [0.1, 0.15) is 0 Å². The normalized spacial score (nSPS) is 12.1. The Morgan fingerprint density at radius 3 is 2.44 bits per heavy atom. The van der Waals surface area contributed by atoms with E-state index in [4.69, 9.17) is 9.47 Å². The molecule has 0 amide bonds. The molecule has 0 saturated heterocycles. The average Bonchev–Trinajstić information content (AvgIpc) is 2.30. The summed E-state index contributed by atoms with van der Waals surface area (Å²) in [6.45, 7) is 4.71. The first-order chi connectivity index (χ1) is 7.77. The molecule has 0 aliphatic carbocycles. The minimum atomic E-state index is -0.218. The van der Waals surface area contributed by atoms with Crippen molar-refractivity contribution in [3.8, 4) is 0 Å². The Hall–Kier alpha value is -1.35. The van der Waals surface area contributed by atoms with Crippen molar-refractivity contribution < 1.29 is 14.3 Å². The Morgan fingerprint density at radius 1 is 1.19 bits per heavy atom. The fourth-order valence-electron chi connectivity index (χ4n) is 1.51. The maximum Gasteiger partial charge on any atom is 0.308 e. The molecule has 0 saturated carbocycles. The van der Waals surface area contributed by atoms with Crippen molar-refractivity contribution in [1.29, 1.82) is 0 Å². The van der Waals surface area contributed by atoms with Crippen molar-refractivity contribution in [2.24, 2.45) is 0 Å². The quantitative estimate of drug-likeness (QED) is 0.694. The SMILES string of the molecule is CCOC(=O)C[C@@H](OCC)c1ccccc1. The number of hydrogen-bond acceptors (Lipinski definition) is 3. The predicted molar refractivity (Wildman–Crippen MR) is 62.1 cm³/mol. The van der Waals surface area contributed by atoms with Gasteiger partial charge < -0.3 is 9.47 Å². The van der Waals surface area contributed by atoms with Gasteiger partial charge in [0, 0.05) is 6.61 Å². The lowest BCUT2D eigenvalue weighted by atomic mass is 10.1. The van der Waals surface area contributed by atoms with Gasteiger partial charge >= 0.3 is 5.97 Å². The van der Waals surface area contributed by atoms with Gasteiger partial charge in [-0.15, -0.1) is 0 Å². The highest BCUT2D eigenvalue weighted by molar-refractivity contribution is 5.70. The van der Waals surface area contributed by atoms with Gasteiger partial charge in [0.05, 0.1) is 19.1 Å². The molecule has 1 atom stereocenters. The largest absolute Gasteiger partial charge is 0.466 e. The van der Waals surface area contributed by atoms with Crippen LogP contribution in [0.1, 0.15) is 31.9 Å². The molecule has 0 heterocycles. The molecule has 1 aromatic carbocycles. The molecule has 1 rings (SSSR count). The second-order valence-electron chi connectivity index (χ2n) is 3.36. The van der Waals surface area contributed by atoms with Gasteiger partial charge in [0.2, 0.25) is 0 Å². The van der Waals surface area contributed by atoms with Crippen LogP contribution in [0.3, 0.4) is 0 Å². The van der Waals surface area contributed by atoms with Crippen LogP contribution in [-0.4, -0.2) is 19.2 Å². The van der Waals surface area contributed by atoms with Crippen LogP contribution in [0.4, 0.5) is 0 Å². The third-order valence-electron chi connectivity index (χ3n) is 2.20. The van der Waals surface area contributed by atoms with Gasteiger partial charge in [-0.1, -0.05) is 30.3 Å². The molecular weight excluding hydrogens is 204 g/mol. The van der Waals surface area contributed by atoms with E-state index in [9.17, 15) is 4.79 Å². The molecule has 0 radical (unpaired) electrons. The summed E-state index contributed by atoms with van der Waals surface area (Å²) in [4.78, 5) is 11.4. The van der Waals surface area contributed by atoms with Crippen molar-refractivity contribution in [3.05, 3.63) is 35.9 Å². The number of benzene rings is 1. The maximum absolute atomic E-state index is 11.4. The van der Waals surface area contributed by atoms with E-state index >= 15 is 0 Å². The fraction of sp³-hybridized carbons (Fsp3) is 0.462. The summed E-state index contributed by atoms with van der Waals surface area (Å²) in [5.74, 6) is -0.218. The monoisotopic (exact) mass is 222 g/mol. The number of carbonyl (C=O) groups is 1. The lowest BCUT2D eigenvalue weighted by molar-refractivity contribution is -0.146. The summed E-state index contributed by atoms with van der Waals surface area (Å²) < 4.78 is 10.5. The minimum Gasteiger partial charge on any atom is -0.466 e. The molecule has 3 nitrogen and oxygen atoms in total. The summed E-state index contributed by atoms with van der Waals surface area (Å²) in [6, 6.07) is 9.73. The van der Waals surface area contributed by atoms with E-state index in [0.717, 1.165) is 5.56 Å². The molecule has 0 fully saturated rings. The van der Waals surface area contributed by atoms with Crippen molar-refractivity contribution >= 4 is 5.97 Å². The van der Waals surface area contributed by atoms with Crippen LogP contribution in [0.25, 0.3) is 0 Å². The van der Waals surface area contributed by atoms with E-state index in [2.05, 4.69) is 0 Å². The highest BCUT2D eigenvalue weighted by Gasteiger charge is 2.16. The molecule has 0 aliphatic rings. The molecule has 88 valence electrons. The Bertz CT molecular complexity index is 308. The molecule has 0 bridgehead atoms. The molecule has 0 aliphatic heterocycles. The number of hydrogen-bond donors (Lipinski definition) is 0. The van der Waals surface area contributed by atoms with E-state index in [1.54, 1.807) is 6.92 Å². The van der Waals surface area contributed by atoms with Gasteiger partial charge in [-0.2, -0.15) is 0 Å². The van der Waals surface area contributed by atoms with Crippen molar-refractivity contribution in [2.45, 2.75) is 26.4 Å². The number of carbonyl (C=O) groups excluding carboxylic acids is 1. The molecule has 1 aromatic rings. The van der Waals surface area contributed by atoms with E-state index in [-0.39, 0.29) is 18.5 Å². The fourth-order valence-corrected chi connectivity index (χ4v) is 1.51. The van der Waals surface area contributed by atoms with Gasteiger partial charge in [0.25, 0.3) is 0 Å². The Morgan fingerprint density at radius 2 is 1.88 bits per heavy atom. The van der Waals surface area contributed by atoms with Crippen LogP contribution in [0.5, 0.6) is 0 Å². The van der Waals surface area contributed by atoms with E-state index < -0.39 is 0 Å². The van der Waals surface area contributed by atoms with Crippen LogP contribution < -0.4 is 0 Å². The van der Waals surface area contributed by atoms with Crippen molar-refractivity contribution in [3.63, 3.8) is 0 Å². The summed E-state index contributed by atoms with van der Waals surface area (Å²) >= 11 is 0. The van der Waals surface area contributed by atoms with Crippen LogP contribution in [0.15, 0.2) is 30.3 Å². The van der Waals surface area contributed by atoms with Gasteiger partial charge in [0.15, 0.2) is 0 Å². The summed E-state index contributed by atoms with van der Waals surface area (Å²) in [6.07, 6.45) is 0.0661. The van der Waals surface area contributed by atoms with Crippen molar-refractivity contribution in [2.75, 3.05) is 13.2 Å². The summed E-state index contributed by atoms with van der Waals surface area (Å²) in [7, 11) is 0. The zero-order valence-corrected chi connectivity index (χ0v) is 9.81. The van der Waals surface area contributed by atoms with Crippen LogP contribution in [0, 0.1) is 0 Å². The zero-order chi connectivity index (χ0) is 11.8. The topological polar surface area (TPSA) is 35.5 Å². The lowest BCUT2D eigenvalue weighted by Gasteiger charge is -2.16. The summed E-state index contributed by atoms with van der Waals surface area (Å²) in [5.41, 5.74) is 1.01. The van der Waals surface area contributed by atoms with Crippen LogP contribution in [0.2, 0.25) is 0 Å². The van der Waals surface area contributed by atoms with Gasteiger partial charge in [-0.25, -0.2) is 0 Å². The minimum absolute atomic E-state index is 0.203. The third kappa shape index (κ3) is 4.03. The van der Waals surface area contributed by atoms with Gasteiger partial charge in [-0.3, -0.25) is 4.79 Å². The maximum atomic E-state index is 11.4. The zero-order valence-electron chi connectivity index (χ0n) is 9.81. The van der Waals surface area contributed by atoms with Gasteiger partial charge in [-0.05, 0) is 19.4 Å². The highest BCUT2D eigenvalue weighted by Crippen LogP contribution is 2.21. The predicted octanol–water partition coefficient (Wildman–Crippen LogP) is 2.72. The molecule has 0 N–H and O–H groups in total. The summed E-state index contributed by atoms with van der Waals surface area (Å²) in [5, 5.41) is 0. The third-order valence-corrected chi connectivity index (χ3v) is 2.20. The Balaban J connectivity index is 2.64. The first-order valence-corrected chi connectivity index (χ1v) is 5.60. The molecule has 0 spiro atoms. The molecule has 0 unspecified atom stereocenters. The Kier molecular flexibility index (Phi) is 5.57. The van der Waals surface area contributed by atoms with E-state index in [1.165, 1.54) is 0 Å². The number of rotatable bonds is 6. The molecular formula is C13H18O3. The Labute approximate surface area is 96.4 Å². The standard InChI is InChI=1S/C13H18O3/c1-3-15-12(10-13(14)16-4-2)11-8-6-5-7-9-11/h5-9,12H,3-4,10H2,1-2H3/t12-/m1/s1. The first kappa shape index (κ1) is 12.7. The van der Waals surface area contributed by atoms with E-state index in [0.29, 0.717) is 13.2 Å². The van der Waals surface area contributed by atoms with Crippen LogP contribution >= 0.6 is 0 Å². The molecule has 0 aromatic heterocycles. The smallest absolute Gasteiger partial charge is 0.308 e. The number of ether oxygens (including phenoxy) is 2. The average molecular weight is 222 g/mol. The number of esters is 1. The molecule has 3 heteroatoms. The van der Waals surface area contributed by atoms with Crippen LogP contribution in [-0.2, 0) is 14.3 Å². The second kappa shape index (κ2) is 7.01.